The summed E-state index contributed by atoms with van der Waals surface area (Å²) >= 11 is 3.56. The third-order valence-corrected chi connectivity index (χ3v) is 3.47. The molecule has 0 heterocycles. The quantitative estimate of drug-likeness (QED) is 0.696. The molecule has 1 atom stereocenters. The van der Waals surface area contributed by atoms with Crippen molar-refractivity contribution in [3.63, 3.8) is 0 Å². The number of hydrogen-bond donors (Lipinski definition) is 1. The molecule has 0 aliphatic rings. The van der Waals surface area contributed by atoms with Crippen molar-refractivity contribution in [2.45, 2.75) is 33.2 Å². The second-order valence-corrected chi connectivity index (χ2v) is 5.27. The van der Waals surface area contributed by atoms with E-state index in [-0.39, 0.29) is 0 Å². The summed E-state index contributed by atoms with van der Waals surface area (Å²) in [7, 11) is 0. The van der Waals surface area contributed by atoms with E-state index in [1.807, 2.05) is 13.0 Å². The van der Waals surface area contributed by atoms with Crippen LogP contribution in [0.15, 0.2) is 22.7 Å². The maximum Gasteiger partial charge on any atom is 0.133 e. The standard InChI is InChI=1S/C15H24BrNO2/c1-4-8-17-12(3)13-6-7-15(14(16)11-13)19-10-9-18-5-2/h6-7,11-12,17H,4-5,8-10H2,1-3H3. The van der Waals surface area contributed by atoms with Crippen molar-refractivity contribution in [3.05, 3.63) is 28.2 Å². The van der Waals surface area contributed by atoms with Crippen LogP contribution in [0.2, 0.25) is 0 Å². The minimum absolute atomic E-state index is 0.355. The second-order valence-electron chi connectivity index (χ2n) is 4.41. The van der Waals surface area contributed by atoms with Gasteiger partial charge >= 0.3 is 0 Å². The molecule has 4 heteroatoms. The molecule has 0 aliphatic heterocycles. The van der Waals surface area contributed by atoms with Crippen LogP contribution in [0.4, 0.5) is 0 Å². The Bertz CT molecular complexity index is 371. The maximum absolute atomic E-state index is 5.66. The Hall–Kier alpha value is -0.580. The van der Waals surface area contributed by atoms with Gasteiger partial charge in [-0.25, -0.2) is 0 Å². The van der Waals surface area contributed by atoms with Gasteiger partial charge in [0.15, 0.2) is 0 Å². The van der Waals surface area contributed by atoms with Crippen molar-refractivity contribution in [1.29, 1.82) is 0 Å². The van der Waals surface area contributed by atoms with Crippen LogP contribution in [0.25, 0.3) is 0 Å². The first-order chi connectivity index (χ1) is 9.19. The summed E-state index contributed by atoms with van der Waals surface area (Å²) in [6.07, 6.45) is 1.14. The molecule has 0 spiro atoms. The van der Waals surface area contributed by atoms with Gasteiger partial charge in [-0.3, -0.25) is 0 Å². The largest absolute Gasteiger partial charge is 0.490 e. The zero-order chi connectivity index (χ0) is 14.1. The average Bonchev–Trinajstić information content (AvgIpc) is 2.42. The molecule has 0 fully saturated rings. The highest BCUT2D eigenvalue weighted by Gasteiger charge is 2.08. The van der Waals surface area contributed by atoms with Crippen molar-refractivity contribution in [2.24, 2.45) is 0 Å². The Labute approximate surface area is 124 Å². The van der Waals surface area contributed by atoms with Crippen LogP contribution in [0.5, 0.6) is 5.75 Å². The van der Waals surface area contributed by atoms with Crippen molar-refractivity contribution < 1.29 is 9.47 Å². The van der Waals surface area contributed by atoms with Crippen LogP contribution < -0.4 is 10.1 Å². The fraction of sp³-hybridized carbons (Fsp3) is 0.600. The van der Waals surface area contributed by atoms with E-state index in [2.05, 4.69) is 47.2 Å². The zero-order valence-corrected chi connectivity index (χ0v) is 13.6. The van der Waals surface area contributed by atoms with E-state index in [0.717, 1.165) is 29.8 Å². The Morgan fingerprint density at radius 3 is 2.68 bits per heavy atom. The molecule has 1 N–H and O–H groups in total. The summed E-state index contributed by atoms with van der Waals surface area (Å²) in [6, 6.07) is 6.58. The number of halogens is 1. The lowest BCUT2D eigenvalue weighted by Crippen LogP contribution is -2.19. The molecule has 0 radical (unpaired) electrons. The predicted octanol–water partition coefficient (Wildman–Crippen LogP) is 3.93. The molecule has 3 nitrogen and oxygen atoms in total. The molecule has 1 rings (SSSR count). The molecule has 19 heavy (non-hydrogen) atoms. The van der Waals surface area contributed by atoms with Gasteiger partial charge < -0.3 is 14.8 Å². The highest BCUT2D eigenvalue weighted by molar-refractivity contribution is 9.10. The van der Waals surface area contributed by atoms with Gasteiger partial charge in [-0.05, 0) is 60.4 Å². The molecule has 0 saturated heterocycles. The van der Waals surface area contributed by atoms with E-state index in [9.17, 15) is 0 Å². The highest BCUT2D eigenvalue weighted by atomic mass is 79.9. The highest BCUT2D eigenvalue weighted by Crippen LogP contribution is 2.28. The van der Waals surface area contributed by atoms with Gasteiger partial charge in [0, 0.05) is 12.6 Å². The smallest absolute Gasteiger partial charge is 0.133 e. The van der Waals surface area contributed by atoms with E-state index >= 15 is 0 Å². The monoisotopic (exact) mass is 329 g/mol. The first-order valence-electron chi connectivity index (χ1n) is 6.92. The van der Waals surface area contributed by atoms with Crippen molar-refractivity contribution in [2.75, 3.05) is 26.4 Å². The van der Waals surface area contributed by atoms with Crippen LogP contribution in [-0.4, -0.2) is 26.4 Å². The van der Waals surface area contributed by atoms with E-state index in [0.29, 0.717) is 19.3 Å². The lowest BCUT2D eigenvalue weighted by Gasteiger charge is -2.15. The molecule has 0 aliphatic carbocycles. The molecule has 1 aromatic carbocycles. The Morgan fingerprint density at radius 1 is 1.26 bits per heavy atom. The summed E-state index contributed by atoms with van der Waals surface area (Å²) in [6.45, 7) is 9.29. The summed E-state index contributed by atoms with van der Waals surface area (Å²) in [5.74, 6) is 0.867. The first kappa shape index (κ1) is 16.5. The summed E-state index contributed by atoms with van der Waals surface area (Å²) in [5.41, 5.74) is 1.26. The van der Waals surface area contributed by atoms with Crippen molar-refractivity contribution in [3.8, 4) is 5.75 Å². The van der Waals surface area contributed by atoms with Crippen LogP contribution >= 0.6 is 15.9 Å². The molecule has 1 unspecified atom stereocenters. The van der Waals surface area contributed by atoms with Gasteiger partial charge in [0.25, 0.3) is 0 Å². The molecule has 0 amide bonds. The van der Waals surface area contributed by atoms with Gasteiger partial charge in [-0.15, -0.1) is 0 Å². The SMILES string of the molecule is CCCNC(C)c1ccc(OCCOCC)c(Br)c1. The summed E-state index contributed by atoms with van der Waals surface area (Å²) in [5, 5.41) is 3.47. The maximum atomic E-state index is 5.66. The van der Waals surface area contributed by atoms with Gasteiger partial charge in [-0.2, -0.15) is 0 Å². The minimum Gasteiger partial charge on any atom is -0.490 e. The topological polar surface area (TPSA) is 30.5 Å². The van der Waals surface area contributed by atoms with Gasteiger partial charge in [-0.1, -0.05) is 13.0 Å². The van der Waals surface area contributed by atoms with E-state index in [4.69, 9.17) is 9.47 Å². The van der Waals surface area contributed by atoms with Crippen LogP contribution in [0.3, 0.4) is 0 Å². The Kier molecular flexibility index (Phi) is 8.10. The van der Waals surface area contributed by atoms with Crippen LogP contribution in [0, 0.1) is 0 Å². The molecular formula is C15H24BrNO2. The predicted molar refractivity (Wildman–Crippen MR) is 82.8 cm³/mol. The number of benzene rings is 1. The Morgan fingerprint density at radius 2 is 2.05 bits per heavy atom. The van der Waals surface area contributed by atoms with E-state index < -0.39 is 0 Å². The second kappa shape index (κ2) is 9.34. The lowest BCUT2D eigenvalue weighted by atomic mass is 10.1. The fourth-order valence-electron chi connectivity index (χ4n) is 1.74. The number of ether oxygens (including phenoxy) is 2. The average molecular weight is 330 g/mol. The Balaban J connectivity index is 2.53. The lowest BCUT2D eigenvalue weighted by molar-refractivity contribution is 0.110. The van der Waals surface area contributed by atoms with Gasteiger partial charge in [0.1, 0.15) is 12.4 Å². The molecular weight excluding hydrogens is 306 g/mol. The molecule has 0 saturated carbocycles. The van der Waals surface area contributed by atoms with Crippen LogP contribution in [0.1, 0.15) is 38.8 Å². The summed E-state index contributed by atoms with van der Waals surface area (Å²) < 4.78 is 11.9. The molecule has 0 bridgehead atoms. The first-order valence-corrected chi connectivity index (χ1v) is 7.71. The molecule has 0 aromatic heterocycles. The zero-order valence-electron chi connectivity index (χ0n) is 12.0. The number of hydrogen-bond acceptors (Lipinski definition) is 3. The normalized spacial score (nSPS) is 12.4. The van der Waals surface area contributed by atoms with Crippen molar-refractivity contribution >= 4 is 15.9 Å². The summed E-state index contributed by atoms with van der Waals surface area (Å²) in [4.78, 5) is 0. The number of nitrogens with one attached hydrogen (secondary N) is 1. The molecule has 108 valence electrons. The number of rotatable bonds is 9. The molecule has 1 aromatic rings. The van der Waals surface area contributed by atoms with Crippen LogP contribution in [-0.2, 0) is 4.74 Å². The van der Waals surface area contributed by atoms with Gasteiger partial charge in [0.2, 0.25) is 0 Å². The fourth-order valence-corrected chi connectivity index (χ4v) is 2.25. The van der Waals surface area contributed by atoms with Crippen molar-refractivity contribution in [1.82, 2.24) is 5.32 Å². The van der Waals surface area contributed by atoms with E-state index in [1.165, 1.54) is 5.56 Å². The minimum atomic E-state index is 0.355. The van der Waals surface area contributed by atoms with E-state index in [1.54, 1.807) is 0 Å². The third-order valence-electron chi connectivity index (χ3n) is 2.85. The van der Waals surface area contributed by atoms with Gasteiger partial charge in [0.05, 0.1) is 11.1 Å². The third kappa shape index (κ3) is 5.93.